The maximum absolute atomic E-state index is 14.6. The minimum Gasteiger partial charge on any atom is -0.485 e. The molecule has 0 bridgehead atoms. The van der Waals surface area contributed by atoms with Crippen LogP contribution < -0.4 is 10.5 Å². The molecule has 0 aromatic heterocycles. The molecule has 0 amide bonds. The molecule has 1 aliphatic rings. The van der Waals surface area contributed by atoms with E-state index >= 15 is 0 Å². The van der Waals surface area contributed by atoms with Gasteiger partial charge in [-0.3, -0.25) is 4.90 Å². The lowest BCUT2D eigenvalue weighted by molar-refractivity contribution is 0.285. The second-order valence-electron chi connectivity index (χ2n) is 6.38. The standard InChI is InChI=1S/C19H22BrFN2O/c1-23-11-14(10-22)7-18(23)15-8-16(20)19(17(21)9-15)24-12-13-5-3-2-4-6-13/h2-6,8-9,14,18H,7,10-12,22H2,1H3. The zero-order valence-corrected chi connectivity index (χ0v) is 15.3. The summed E-state index contributed by atoms with van der Waals surface area (Å²) in [7, 11) is 2.06. The van der Waals surface area contributed by atoms with Gasteiger partial charge in [-0.15, -0.1) is 0 Å². The third-order valence-corrected chi connectivity index (χ3v) is 5.19. The molecule has 0 aliphatic carbocycles. The van der Waals surface area contributed by atoms with Crippen LogP contribution in [-0.2, 0) is 6.61 Å². The van der Waals surface area contributed by atoms with Crippen LogP contribution in [0.5, 0.6) is 5.75 Å². The molecule has 2 aromatic carbocycles. The van der Waals surface area contributed by atoms with Gasteiger partial charge in [-0.1, -0.05) is 30.3 Å². The van der Waals surface area contributed by atoms with Crippen LogP contribution in [0.4, 0.5) is 4.39 Å². The van der Waals surface area contributed by atoms with E-state index in [0.29, 0.717) is 23.5 Å². The van der Waals surface area contributed by atoms with Crippen LogP contribution in [0.25, 0.3) is 0 Å². The highest BCUT2D eigenvalue weighted by Gasteiger charge is 2.30. The molecule has 3 rings (SSSR count). The number of benzene rings is 2. The van der Waals surface area contributed by atoms with E-state index < -0.39 is 0 Å². The van der Waals surface area contributed by atoms with Gasteiger partial charge in [0.05, 0.1) is 4.47 Å². The molecule has 5 heteroatoms. The summed E-state index contributed by atoms with van der Waals surface area (Å²) in [5.74, 6) is 0.398. The zero-order chi connectivity index (χ0) is 17.1. The minimum absolute atomic E-state index is 0.201. The van der Waals surface area contributed by atoms with Gasteiger partial charge in [0, 0.05) is 12.6 Å². The molecule has 2 N–H and O–H groups in total. The summed E-state index contributed by atoms with van der Waals surface area (Å²) in [5, 5.41) is 0. The van der Waals surface area contributed by atoms with Crippen LogP contribution >= 0.6 is 15.9 Å². The fraction of sp³-hybridized carbons (Fsp3) is 0.368. The molecule has 1 saturated heterocycles. The van der Waals surface area contributed by atoms with Crippen molar-refractivity contribution in [2.24, 2.45) is 11.7 Å². The highest BCUT2D eigenvalue weighted by Crippen LogP contribution is 2.38. The Balaban J connectivity index is 1.76. The zero-order valence-electron chi connectivity index (χ0n) is 13.7. The first-order valence-corrected chi connectivity index (χ1v) is 8.93. The van der Waals surface area contributed by atoms with Crippen LogP contribution in [0.1, 0.15) is 23.6 Å². The van der Waals surface area contributed by atoms with Crippen molar-refractivity contribution < 1.29 is 9.13 Å². The van der Waals surface area contributed by atoms with Crippen LogP contribution in [-0.4, -0.2) is 25.0 Å². The molecule has 0 spiro atoms. The average Bonchev–Trinajstić information content (AvgIpc) is 2.96. The van der Waals surface area contributed by atoms with Crippen molar-refractivity contribution in [1.29, 1.82) is 0 Å². The molecule has 0 saturated carbocycles. The van der Waals surface area contributed by atoms with E-state index in [2.05, 4.69) is 27.9 Å². The number of nitrogens with zero attached hydrogens (tertiary/aromatic N) is 1. The molecule has 1 aliphatic heterocycles. The Morgan fingerprint density at radius 2 is 2.04 bits per heavy atom. The Kier molecular flexibility index (Phi) is 5.54. The second kappa shape index (κ2) is 7.64. The van der Waals surface area contributed by atoms with E-state index in [-0.39, 0.29) is 17.6 Å². The highest BCUT2D eigenvalue weighted by molar-refractivity contribution is 9.10. The summed E-state index contributed by atoms with van der Waals surface area (Å²) in [4.78, 5) is 2.24. The van der Waals surface area contributed by atoms with Gasteiger partial charge in [0.2, 0.25) is 0 Å². The largest absolute Gasteiger partial charge is 0.485 e. The summed E-state index contributed by atoms with van der Waals surface area (Å²) < 4.78 is 20.9. The van der Waals surface area contributed by atoms with Crippen LogP contribution in [0.2, 0.25) is 0 Å². The molecule has 2 unspecified atom stereocenters. The smallest absolute Gasteiger partial charge is 0.169 e. The van der Waals surface area contributed by atoms with Gasteiger partial charge in [0.1, 0.15) is 6.61 Å². The lowest BCUT2D eigenvalue weighted by atomic mass is 9.99. The molecule has 2 aromatic rings. The molecule has 3 nitrogen and oxygen atoms in total. The lowest BCUT2D eigenvalue weighted by Crippen LogP contribution is -2.20. The molecule has 24 heavy (non-hydrogen) atoms. The average molecular weight is 393 g/mol. The normalized spacial score (nSPS) is 21.2. The molecule has 2 atom stereocenters. The lowest BCUT2D eigenvalue weighted by Gasteiger charge is -2.21. The van der Waals surface area contributed by atoms with Crippen molar-refractivity contribution in [3.63, 3.8) is 0 Å². The van der Waals surface area contributed by atoms with Crippen molar-refractivity contribution in [2.45, 2.75) is 19.1 Å². The number of hydrogen-bond donors (Lipinski definition) is 1. The molecule has 1 heterocycles. The van der Waals surface area contributed by atoms with Gasteiger partial charge in [-0.25, -0.2) is 4.39 Å². The predicted octanol–water partition coefficient (Wildman–Crippen LogP) is 4.12. The van der Waals surface area contributed by atoms with Crippen LogP contribution in [0.15, 0.2) is 46.9 Å². The fourth-order valence-electron chi connectivity index (χ4n) is 3.31. The van der Waals surface area contributed by atoms with E-state index in [4.69, 9.17) is 10.5 Å². The monoisotopic (exact) mass is 392 g/mol. The topological polar surface area (TPSA) is 38.5 Å². The summed E-state index contributed by atoms with van der Waals surface area (Å²) >= 11 is 3.46. The van der Waals surface area contributed by atoms with E-state index in [1.165, 1.54) is 0 Å². The highest BCUT2D eigenvalue weighted by atomic mass is 79.9. The Bertz CT molecular complexity index is 672. The van der Waals surface area contributed by atoms with Crippen molar-refractivity contribution >= 4 is 15.9 Å². The van der Waals surface area contributed by atoms with Gasteiger partial charge < -0.3 is 10.5 Å². The first-order chi connectivity index (χ1) is 11.6. The first-order valence-electron chi connectivity index (χ1n) is 8.14. The second-order valence-corrected chi connectivity index (χ2v) is 7.24. The number of ether oxygens (including phenoxy) is 1. The van der Waals surface area contributed by atoms with E-state index in [9.17, 15) is 4.39 Å². The van der Waals surface area contributed by atoms with E-state index in [1.54, 1.807) is 6.07 Å². The van der Waals surface area contributed by atoms with Gasteiger partial charge in [0.25, 0.3) is 0 Å². The van der Waals surface area contributed by atoms with Gasteiger partial charge in [-0.2, -0.15) is 0 Å². The molecular weight excluding hydrogens is 371 g/mol. The van der Waals surface area contributed by atoms with Crippen molar-refractivity contribution in [3.05, 3.63) is 63.9 Å². The number of halogens is 2. The third-order valence-electron chi connectivity index (χ3n) is 4.60. The minimum atomic E-state index is -0.333. The predicted molar refractivity (Wildman–Crippen MR) is 97.4 cm³/mol. The molecule has 1 fully saturated rings. The number of likely N-dealkylation sites (tertiary alicyclic amines) is 1. The van der Waals surface area contributed by atoms with Crippen LogP contribution in [0, 0.1) is 11.7 Å². The number of hydrogen-bond acceptors (Lipinski definition) is 3. The SMILES string of the molecule is CN1CC(CN)CC1c1cc(F)c(OCc2ccccc2)c(Br)c1. The molecule has 128 valence electrons. The summed E-state index contributed by atoms with van der Waals surface area (Å²) in [6.07, 6.45) is 0.961. The molecule has 0 radical (unpaired) electrons. The van der Waals surface area contributed by atoms with E-state index in [1.807, 2.05) is 36.4 Å². The van der Waals surface area contributed by atoms with Crippen LogP contribution in [0.3, 0.4) is 0 Å². The Hall–Kier alpha value is -1.43. The summed E-state index contributed by atoms with van der Waals surface area (Å²) in [5.41, 5.74) is 7.76. The summed E-state index contributed by atoms with van der Waals surface area (Å²) in [6, 6.07) is 13.5. The van der Waals surface area contributed by atoms with Crippen molar-refractivity contribution in [1.82, 2.24) is 4.90 Å². The number of rotatable bonds is 5. The van der Waals surface area contributed by atoms with E-state index in [0.717, 1.165) is 24.1 Å². The summed E-state index contributed by atoms with van der Waals surface area (Å²) in [6.45, 7) is 1.96. The first kappa shape index (κ1) is 17.4. The third kappa shape index (κ3) is 3.79. The Morgan fingerprint density at radius 3 is 2.67 bits per heavy atom. The quantitative estimate of drug-likeness (QED) is 0.831. The van der Waals surface area contributed by atoms with Gasteiger partial charge >= 0.3 is 0 Å². The molecular formula is C19H22BrFN2O. The fourth-order valence-corrected chi connectivity index (χ4v) is 3.87. The van der Waals surface area contributed by atoms with Crippen molar-refractivity contribution in [2.75, 3.05) is 20.1 Å². The van der Waals surface area contributed by atoms with Gasteiger partial charge in [0.15, 0.2) is 11.6 Å². The van der Waals surface area contributed by atoms with Crippen molar-refractivity contribution in [3.8, 4) is 5.75 Å². The number of nitrogens with two attached hydrogens (primary N) is 1. The maximum Gasteiger partial charge on any atom is 0.169 e. The maximum atomic E-state index is 14.6. The Labute approximate surface area is 150 Å². The Morgan fingerprint density at radius 1 is 1.29 bits per heavy atom. The van der Waals surface area contributed by atoms with Gasteiger partial charge in [-0.05, 0) is 65.1 Å².